The van der Waals surface area contributed by atoms with Gasteiger partial charge in [-0.25, -0.2) is 0 Å². The molecule has 1 nitrogen and oxygen atoms in total. The molecule has 0 fully saturated rings. The molecule has 0 aliphatic rings. The second kappa shape index (κ2) is 6.33. The highest BCUT2D eigenvalue weighted by Gasteiger charge is 2.02. The third-order valence-corrected chi connectivity index (χ3v) is 3.11. The summed E-state index contributed by atoms with van der Waals surface area (Å²) in [7, 11) is 0. The lowest BCUT2D eigenvalue weighted by atomic mass is 10.2. The molecule has 0 bridgehead atoms. The van der Waals surface area contributed by atoms with E-state index in [9.17, 15) is 0 Å². The first kappa shape index (κ1) is 11.9. The van der Waals surface area contributed by atoms with Crippen LogP contribution in [0.25, 0.3) is 0 Å². The highest BCUT2D eigenvalue weighted by molar-refractivity contribution is 7.99. The molecule has 0 aliphatic heterocycles. The van der Waals surface area contributed by atoms with Crippen LogP contribution in [-0.4, -0.2) is 12.3 Å². The average molecular weight is 230 g/mol. The first-order chi connectivity index (χ1) is 6.77. The molecule has 0 atom stereocenters. The SMILES string of the molecule is CCNCc1ccc(Cl)cc1SCC. The quantitative estimate of drug-likeness (QED) is 0.775. The van der Waals surface area contributed by atoms with Gasteiger partial charge in [0, 0.05) is 16.5 Å². The normalized spacial score (nSPS) is 10.5. The van der Waals surface area contributed by atoms with Crippen LogP contribution < -0.4 is 5.32 Å². The molecule has 0 saturated carbocycles. The number of benzene rings is 1. The van der Waals surface area contributed by atoms with E-state index in [1.807, 2.05) is 23.9 Å². The lowest BCUT2D eigenvalue weighted by Crippen LogP contribution is -2.12. The van der Waals surface area contributed by atoms with Crippen molar-refractivity contribution in [2.45, 2.75) is 25.3 Å². The summed E-state index contributed by atoms with van der Waals surface area (Å²) < 4.78 is 0. The molecule has 0 heterocycles. The van der Waals surface area contributed by atoms with Crippen LogP contribution in [0.3, 0.4) is 0 Å². The Kier molecular flexibility index (Phi) is 5.38. The van der Waals surface area contributed by atoms with Crippen LogP contribution in [0.15, 0.2) is 23.1 Å². The first-order valence-corrected chi connectivity index (χ1v) is 6.26. The fourth-order valence-corrected chi connectivity index (χ4v) is 2.31. The van der Waals surface area contributed by atoms with Crippen molar-refractivity contribution in [3.05, 3.63) is 28.8 Å². The maximum absolute atomic E-state index is 5.95. The Balaban J connectivity index is 2.78. The molecule has 0 saturated heterocycles. The predicted molar refractivity (Wildman–Crippen MR) is 65.2 cm³/mol. The van der Waals surface area contributed by atoms with Gasteiger partial charge in [0.15, 0.2) is 0 Å². The van der Waals surface area contributed by atoms with Crippen molar-refractivity contribution in [1.82, 2.24) is 5.32 Å². The van der Waals surface area contributed by atoms with Crippen LogP contribution in [0, 0.1) is 0 Å². The lowest BCUT2D eigenvalue weighted by Gasteiger charge is -2.08. The monoisotopic (exact) mass is 229 g/mol. The summed E-state index contributed by atoms with van der Waals surface area (Å²) in [6, 6.07) is 6.10. The Morgan fingerprint density at radius 3 is 2.79 bits per heavy atom. The average Bonchev–Trinajstić information content (AvgIpc) is 2.17. The molecule has 0 aliphatic carbocycles. The molecule has 0 amide bonds. The molecule has 0 radical (unpaired) electrons. The van der Waals surface area contributed by atoms with Crippen molar-refractivity contribution in [2.75, 3.05) is 12.3 Å². The molecule has 1 aromatic carbocycles. The van der Waals surface area contributed by atoms with E-state index in [2.05, 4.69) is 25.2 Å². The van der Waals surface area contributed by atoms with Gasteiger partial charge in [0.2, 0.25) is 0 Å². The van der Waals surface area contributed by atoms with Crippen LogP contribution in [0.5, 0.6) is 0 Å². The van der Waals surface area contributed by atoms with Gasteiger partial charge in [0.25, 0.3) is 0 Å². The van der Waals surface area contributed by atoms with Crippen molar-refractivity contribution in [2.24, 2.45) is 0 Å². The molecule has 1 aromatic rings. The van der Waals surface area contributed by atoms with E-state index in [-0.39, 0.29) is 0 Å². The molecule has 1 N–H and O–H groups in total. The fraction of sp³-hybridized carbons (Fsp3) is 0.455. The van der Waals surface area contributed by atoms with Gasteiger partial charge in [-0.15, -0.1) is 11.8 Å². The van der Waals surface area contributed by atoms with Gasteiger partial charge < -0.3 is 5.32 Å². The van der Waals surface area contributed by atoms with Crippen LogP contribution >= 0.6 is 23.4 Å². The zero-order chi connectivity index (χ0) is 10.4. The molecular weight excluding hydrogens is 214 g/mol. The van der Waals surface area contributed by atoms with Gasteiger partial charge in [0.1, 0.15) is 0 Å². The van der Waals surface area contributed by atoms with Gasteiger partial charge in [-0.2, -0.15) is 0 Å². The Labute approximate surface area is 95.2 Å². The summed E-state index contributed by atoms with van der Waals surface area (Å²) in [5, 5.41) is 4.15. The molecule has 78 valence electrons. The summed E-state index contributed by atoms with van der Waals surface area (Å²) in [6.45, 7) is 6.19. The molecule has 3 heteroatoms. The third kappa shape index (κ3) is 3.52. The van der Waals surface area contributed by atoms with E-state index in [1.54, 1.807) is 0 Å². The minimum Gasteiger partial charge on any atom is -0.313 e. The number of thioether (sulfide) groups is 1. The molecule has 1 rings (SSSR count). The van der Waals surface area contributed by atoms with Crippen LogP contribution in [0.4, 0.5) is 0 Å². The molecule has 14 heavy (non-hydrogen) atoms. The Morgan fingerprint density at radius 1 is 1.36 bits per heavy atom. The zero-order valence-corrected chi connectivity index (χ0v) is 10.2. The van der Waals surface area contributed by atoms with E-state index in [4.69, 9.17) is 11.6 Å². The summed E-state index contributed by atoms with van der Waals surface area (Å²) in [6.07, 6.45) is 0. The number of hydrogen-bond donors (Lipinski definition) is 1. The largest absolute Gasteiger partial charge is 0.313 e. The highest BCUT2D eigenvalue weighted by atomic mass is 35.5. The van der Waals surface area contributed by atoms with E-state index >= 15 is 0 Å². The van der Waals surface area contributed by atoms with Gasteiger partial charge in [-0.05, 0) is 30.0 Å². The summed E-state index contributed by atoms with van der Waals surface area (Å²) in [5.74, 6) is 1.08. The lowest BCUT2D eigenvalue weighted by molar-refractivity contribution is 0.718. The number of hydrogen-bond acceptors (Lipinski definition) is 2. The summed E-state index contributed by atoms with van der Waals surface area (Å²) in [5.41, 5.74) is 1.34. The predicted octanol–water partition coefficient (Wildman–Crippen LogP) is 3.56. The number of nitrogens with one attached hydrogen (secondary N) is 1. The number of halogens is 1. The third-order valence-electron chi connectivity index (χ3n) is 1.89. The van der Waals surface area contributed by atoms with Crippen molar-refractivity contribution in [3.63, 3.8) is 0 Å². The van der Waals surface area contributed by atoms with Gasteiger partial charge in [-0.1, -0.05) is 31.5 Å². The first-order valence-electron chi connectivity index (χ1n) is 4.89. The van der Waals surface area contributed by atoms with Gasteiger partial charge in [-0.3, -0.25) is 0 Å². The standard InChI is InChI=1S/C11H16ClNS/c1-3-13-8-9-5-6-10(12)7-11(9)14-4-2/h5-7,13H,3-4,8H2,1-2H3. The zero-order valence-electron chi connectivity index (χ0n) is 8.64. The topological polar surface area (TPSA) is 12.0 Å². The van der Waals surface area contributed by atoms with Crippen LogP contribution in [0.2, 0.25) is 5.02 Å². The Bertz CT molecular complexity index is 289. The van der Waals surface area contributed by atoms with Crippen molar-refractivity contribution < 1.29 is 0 Å². The molecule has 0 unspecified atom stereocenters. The van der Waals surface area contributed by atoms with E-state index < -0.39 is 0 Å². The minimum atomic E-state index is 0.821. The van der Waals surface area contributed by atoms with Crippen LogP contribution in [-0.2, 0) is 6.54 Å². The Morgan fingerprint density at radius 2 is 2.14 bits per heavy atom. The van der Waals surface area contributed by atoms with Gasteiger partial charge >= 0.3 is 0 Å². The Hall–Kier alpha value is -0.180. The second-order valence-electron chi connectivity index (χ2n) is 2.97. The van der Waals surface area contributed by atoms with Crippen molar-refractivity contribution in [3.8, 4) is 0 Å². The van der Waals surface area contributed by atoms with Crippen LogP contribution in [0.1, 0.15) is 19.4 Å². The molecule has 0 aromatic heterocycles. The van der Waals surface area contributed by atoms with E-state index in [1.165, 1.54) is 10.5 Å². The van der Waals surface area contributed by atoms with Crippen molar-refractivity contribution >= 4 is 23.4 Å². The van der Waals surface area contributed by atoms with Crippen molar-refractivity contribution in [1.29, 1.82) is 0 Å². The highest BCUT2D eigenvalue weighted by Crippen LogP contribution is 2.25. The smallest absolute Gasteiger partial charge is 0.0417 e. The number of rotatable bonds is 5. The fourth-order valence-electron chi connectivity index (χ4n) is 1.22. The van der Waals surface area contributed by atoms with Gasteiger partial charge in [0.05, 0.1) is 0 Å². The minimum absolute atomic E-state index is 0.821. The maximum atomic E-state index is 5.95. The molecular formula is C11H16ClNS. The summed E-state index contributed by atoms with van der Waals surface area (Å²) >= 11 is 7.79. The molecule has 0 spiro atoms. The second-order valence-corrected chi connectivity index (χ2v) is 4.71. The summed E-state index contributed by atoms with van der Waals surface area (Å²) in [4.78, 5) is 1.29. The van der Waals surface area contributed by atoms with E-state index in [0.29, 0.717) is 0 Å². The maximum Gasteiger partial charge on any atom is 0.0417 e. The van der Waals surface area contributed by atoms with E-state index in [0.717, 1.165) is 23.9 Å².